The van der Waals surface area contributed by atoms with Crippen LogP contribution >= 0.6 is 0 Å². The van der Waals surface area contributed by atoms with Crippen molar-refractivity contribution in [3.05, 3.63) is 74.9 Å². The molecule has 0 aliphatic heterocycles. The lowest BCUT2D eigenvalue weighted by molar-refractivity contribution is -0.122. The molecule has 3 rings (SSSR count). The van der Waals surface area contributed by atoms with Crippen molar-refractivity contribution in [1.82, 2.24) is 19.8 Å². The number of hydrogen-bond acceptors (Lipinski definition) is 4. The minimum absolute atomic E-state index is 0.132. The van der Waals surface area contributed by atoms with Crippen molar-refractivity contribution < 1.29 is 9.59 Å². The van der Waals surface area contributed by atoms with Gasteiger partial charge in [0.25, 0.3) is 5.56 Å². The van der Waals surface area contributed by atoms with Crippen LogP contribution in [0.25, 0.3) is 16.6 Å². The first-order chi connectivity index (χ1) is 15.0. The summed E-state index contributed by atoms with van der Waals surface area (Å²) < 4.78 is 2.38. The van der Waals surface area contributed by atoms with E-state index in [-0.39, 0.29) is 24.8 Å². The van der Waals surface area contributed by atoms with Crippen LogP contribution in [0.3, 0.4) is 0 Å². The van der Waals surface area contributed by atoms with Gasteiger partial charge in [0.15, 0.2) is 0 Å². The molecule has 0 fully saturated rings. The molecule has 162 valence electrons. The molecule has 0 saturated heterocycles. The maximum absolute atomic E-state index is 13.3. The molecule has 2 amide bonds. The van der Waals surface area contributed by atoms with Gasteiger partial charge in [-0.15, -0.1) is 0 Å². The number of nitrogens with zero attached hydrogens (tertiary/aromatic N) is 2. The molecular formula is C23H26N4O4. The van der Waals surface area contributed by atoms with Gasteiger partial charge in [0.2, 0.25) is 11.8 Å². The third kappa shape index (κ3) is 4.91. The van der Waals surface area contributed by atoms with Crippen LogP contribution in [0.4, 0.5) is 0 Å². The van der Waals surface area contributed by atoms with E-state index < -0.39 is 11.2 Å². The summed E-state index contributed by atoms with van der Waals surface area (Å²) in [6.07, 6.45) is 2.00. The van der Waals surface area contributed by atoms with Gasteiger partial charge < -0.3 is 10.6 Å². The summed E-state index contributed by atoms with van der Waals surface area (Å²) in [5.74, 6) is -0.418. The Morgan fingerprint density at radius 1 is 0.968 bits per heavy atom. The largest absolute Gasteiger partial charge is 0.359 e. The first-order valence-electron chi connectivity index (χ1n) is 10.3. The van der Waals surface area contributed by atoms with Crippen LogP contribution in [-0.2, 0) is 22.6 Å². The van der Waals surface area contributed by atoms with Crippen molar-refractivity contribution >= 4 is 22.7 Å². The third-order valence-electron chi connectivity index (χ3n) is 5.04. The SMILES string of the molecule is CCCCNC(=O)Cn1c(=O)n(-c2ccc(CC(=O)NC)cc2)c(=O)c2ccccc21. The molecule has 1 heterocycles. The lowest BCUT2D eigenvalue weighted by atomic mass is 10.1. The monoisotopic (exact) mass is 422 g/mol. The van der Waals surface area contributed by atoms with Crippen molar-refractivity contribution in [3.8, 4) is 5.69 Å². The summed E-state index contributed by atoms with van der Waals surface area (Å²) >= 11 is 0. The predicted molar refractivity (Wildman–Crippen MR) is 119 cm³/mol. The molecule has 0 bridgehead atoms. The number of carbonyl (C=O) groups is 2. The first kappa shape index (κ1) is 22.0. The highest BCUT2D eigenvalue weighted by atomic mass is 16.2. The minimum Gasteiger partial charge on any atom is -0.359 e. The Morgan fingerprint density at radius 2 is 1.68 bits per heavy atom. The zero-order valence-electron chi connectivity index (χ0n) is 17.7. The summed E-state index contributed by atoms with van der Waals surface area (Å²) in [5.41, 5.74) is 0.500. The van der Waals surface area contributed by atoms with Crippen LogP contribution in [-0.4, -0.2) is 34.5 Å². The van der Waals surface area contributed by atoms with Gasteiger partial charge in [0.1, 0.15) is 6.54 Å². The molecule has 0 aliphatic carbocycles. The lowest BCUT2D eigenvalue weighted by Gasteiger charge is -2.14. The summed E-state index contributed by atoms with van der Waals surface area (Å²) in [5, 5.41) is 5.71. The lowest BCUT2D eigenvalue weighted by Crippen LogP contribution is -2.42. The Balaban J connectivity index is 2.06. The molecular weight excluding hydrogens is 396 g/mol. The molecule has 2 aromatic carbocycles. The van der Waals surface area contributed by atoms with Crippen LogP contribution < -0.4 is 21.9 Å². The summed E-state index contributed by atoms with van der Waals surface area (Å²) in [7, 11) is 1.56. The molecule has 0 saturated carbocycles. The molecule has 8 heteroatoms. The maximum atomic E-state index is 13.3. The number of para-hydroxylation sites is 1. The standard InChI is InChI=1S/C23H26N4O4/c1-3-4-13-25-21(29)15-26-19-8-6-5-7-18(19)22(30)27(23(26)31)17-11-9-16(10-12-17)14-20(28)24-2/h5-12H,3-4,13-15H2,1-2H3,(H,24,28)(H,25,29). The molecule has 0 radical (unpaired) electrons. The van der Waals surface area contributed by atoms with Gasteiger partial charge >= 0.3 is 5.69 Å². The number of benzene rings is 2. The Hall–Kier alpha value is -3.68. The Labute approximate surface area is 179 Å². The highest BCUT2D eigenvalue weighted by Crippen LogP contribution is 2.11. The fourth-order valence-electron chi connectivity index (χ4n) is 3.34. The molecule has 31 heavy (non-hydrogen) atoms. The van der Waals surface area contributed by atoms with Gasteiger partial charge in [-0.1, -0.05) is 37.6 Å². The zero-order valence-corrected chi connectivity index (χ0v) is 17.7. The van der Waals surface area contributed by atoms with Crippen molar-refractivity contribution in [1.29, 1.82) is 0 Å². The number of carbonyl (C=O) groups excluding carboxylic acids is 2. The number of nitrogens with one attached hydrogen (secondary N) is 2. The van der Waals surface area contributed by atoms with E-state index in [1.54, 1.807) is 55.6 Å². The molecule has 2 N–H and O–H groups in total. The number of rotatable bonds is 8. The fraction of sp³-hybridized carbons (Fsp3) is 0.304. The number of amides is 2. The van der Waals surface area contributed by atoms with Crippen LogP contribution in [0.1, 0.15) is 25.3 Å². The smallest absolute Gasteiger partial charge is 0.336 e. The van der Waals surface area contributed by atoms with Gasteiger partial charge in [-0.2, -0.15) is 0 Å². The maximum Gasteiger partial charge on any atom is 0.336 e. The van der Waals surface area contributed by atoms with Gasteiger partial charge in [-0.25, -0.2) is 9.36 Å². The van der Waals surface area contributed by atoms with Crippen molar-refractivity contribution in [2.24, 2.45) is 0 Å². The van der Waals surface area contributed by atoms with Gasteiger partial charge in [-0.05, 0) is 36.2 Å². The zero-order chi connectivity index (χ0) is 22.4. The topological polar surface area (TPSA) is 102 Å². The van der Waals surface area contributed by atoms with Gasteiger partial charge in [0, 0.05) is 13.6 Å². The fourth-order valence-corrected chi connectivity index (χ4v) is 3.34. The van der Waals surface area contributed by atoms with Crippen LogP contribution in [0, 0.1) is 0 Å². The number of aromatic nitrogens is 2. The van der Waals surface area contributed by atoms with E-state index in [4.69, 9.17) is 0 Å². The second-order valence-corrected chi connectivity index (χ2v) is 7.25. The van der Waals surface area contributed by atoms with Gasteiger partial charge in [-0.3, -0.25) is 19.0 Å². The molecule has 0 spiro atoms. The minimum atomic E-state index is -0.589. The molecule has 0 atom stereocenters. The van der Waals surface area contributed by atoms with Crippen molar-refractivity contribution in [3.63, 3.8) is 0 Å². The van der Waals surface area contributed by atoms with E-state index in [2.05, 4.69) is 10.6 Å². The predicted octanol–water partition coefficient (Wildman–Crippen LogP) is 1.36. The van der Waals surface area contributed by atoms with Crippen LogP contribution in [0.2, 0.25) is 0 Å². The Morgan fingerprint density at radius 3 is 2.35 bits per heavy atom. The second-order valence-electron chi connectivity index (χ2n) is 7.25. The number of fused-ring (bicyclic) bond motifs is 1. The van der Waals surface area contributed by atoms with E-state index in [9.17, 15) is 19.2 Å². The molecule has 1 aromatic heterocycles. The van der Waals surface area contributed by atoms with E-state index in [0.29, 0.717) is 23.1 Å². The number of hydrogen-bond donors (Lipinski definition) is 2. The van der Waals surface area contributed by atoms with Crippen molar-refractivity contribution in [2.75, 3.05) is 13.6 Å². The third-order valence-corrected chi connectivity index (χ3v) is 5.04. The second kappa shape index (κ2) is 9.88. The molecule has 8 nitrogen and oxygen atoms in total. The quantitative estimate of drug-likeness (QED) is 0.535. The molecule has 0 aliphatic rings. The van der Waals surface area contributed by atoms with Crippen LogP contribution in [0.15, 0.2) is 58.1 Å². The van der Waals surface area contributed by atoms with Gasteiger partial charge in [0.05, 0.1) is 23.0 Å². The van der Waals surface area contributed by atoms with Crippen molar-refractivity contribution in [2.45, 2.75) is 32.7 Å². The summed E-state index contributed by atoms with van der Waals surface area (Å²) in [4.78, 5) is 50.3. The highest BCUT2D eigenvalue weighted by molar-refractivity contribution is 5.82. The van der Waals surface area contributed by atoms with E-state index in [0.717, 1.165) is 23.0 Å². The number of likely N-dealkylation sites (N-methyl/N-ethyl adjacent to an activating group) is 1. The van der Waals surface area contributed by atoms with E-state index in [1.807, 2.05) is 6.92 Å². The highest BCUT2D eigenvalue weighted by Gasteiger charge is 2.16. The van der Waals surface area contributed by atoms with E-state index >= 15 is 0 Å². The molecule has 0 unspecified atom stereocenters. The summed E-state index contributed by atoms with van der Waals surface area (Å²) in [6, 6.07) is 13.4. The first-order valence-corrected chi connectivity index (χ1v) is 10.3. The number of unbranched alkanes of at least 4 members (excludes halogenated alkanes) is 1. The Kier molecular flexibility index (Phi) is 7.02. The average Bonchev–Trinajstić information content (AvgIpc) is 2.78. The summed E-state index contributed by atoms with van der Waals surface area (Å²) in [6.45, 7) is 2.38. The average molecular weight is 422 g/mol. The molecule has 3 aromatic rings. The Bertz CT molecular complexity index is 1210. The van der Waals surface area contributed by atoms with E-state index in [1.165, 1.54) is 4.57 Å². The normalized spacial score (nSPS) is 10.8. The van der Waals surface area contributed by atoms with Crippen LogP contribution in [0.5, 0.6) is 0 Å².